The molecule has 4 aromatic rings. The molecular weight excluding hydrogens is 442 g/mol. The molecule has 0 unspecified atom stereocenters. The largest absolute Gasteiger partial charge is 0.453 e. The monoisotopic (exact) mass is 467 g/mol. The lowest BCUT2D eigenvalue weighted by atomic mass is 9.96. The molecule has 172 valence electrons. The standard InChI is InChI=1S/C23H25N5O4S/c1-12-7-8-15-14(9-12)19(29)27(6)22-26-25-16(28(15)22)11-32-20(30)18-13(2)10-17(33-18)24-21(31)23(3,4)5/h7-10H,11H2,1-6H3,(H,24,31). The van der Waals surface area contributed by atoms with E-state index in [2.05, 4.69) is 15.5 Å². The van der Waals surface area contributed by atoms with Gasteiger partial charge in [0.15, 0.2) is 12.4 Å². The number of nitrogens with zero attached hydrogens (tertiary/aromatic N) is 4. The fraction of sp³-hybridized carbons (Fsp3) is 0.348. The highest BCUT2D eigenvalue weighted by Crippen LogP contribution is 2.29. The molecule has 0 aliphatic heterocycles. The number of aryl methyl sites for hydroxylation is 3. The summed E-state index contributed by atoms with van der Waals surface area (Å²) in [6, 6.07) is 7.30. The highest BCUT2D eigenvalue weighted by Gasteiger charge is 2.24. The van der Waals surface area contributed by atoms with E-state index < -0.39 is 11.4 Å². The second kappa shape index (κ2) is 8.11. The summed E-state index contributed by atoms with van der Waals surface area (Å²) in [5, 5.41) is 12.2. The lowest BCUT2D eigenvalue weighted by Gasteiger charge is -2.16. The number of thiophene rings is 1. The van der Waals surface area contributed by atoms with Gasteiger partial charge in [-0.1, -0.05) is 32.4 Å². The average Bonchev–Trinajstić information content (AvgIpc) is 3.33. The van der Waals surface area contributed by atoms with E-state index in [-0.39, 0.29) is 18.1 Å². The van der Waals surface area contributed by atoms with Crippen LogP contribution >= 0.6 is 11.3 Å². The Bertz CT molecular complexity index is 1470. The minimum Gasteiger partial charge on any atom is -0.453 e. The van der Waals surface area contributed by atoms with Crippen LogP contribution in [0.15, 0.2) is 29.1 Å². The zero-order chi connectivity index (χ0) is 24.1. The van der Waals surface area contributed by atoms with Crippen molar-refractivity contribution in [3.05, 3.63) is 56.4 Å². The Kier molecular flexibility index (Phi) is 5.57. The van der Waals surface area contributed by atoms with Crippen LogP contribution in [0.2, 0.25) is 0 Å². The highest BCUT2D eigenvalue weighted by atomic mass is 32.1. The lowest BCUT2D eigenvalue weighted by Crippen LogP contribution is -2.27. The van der Waals surface area contributed by atoms with Crippen molar-refractivity contribution >= 4 is 44.9 Å². The molecule has 10 heteroatoms. The molecule has 0 spiro atoms. The van der Waals surface area contributed by atoms with Crippen molar-refractivity contribution in [3.63, 3.8) is 0 Å². The first-order valence-electron chi connectivity index (χ1n) is 10.4. The first kappa shape index (κ1) is 22.7. The van der Waals surface area contributed by atoms with Crippen LogP contribution in [-0.4, -0.2) is 31.0 Å². The van der Waals surface area contributed by atoms with Crippen molar-refractivity contribution in [3.8, 4) is 0 Å². The number of nitrogens with one attached hydrogen (secondary N) is 1. The number of hydrogen-bond donors (Lipinski definition) is 1. The third kappa shape index (κ3) is 4.13. The number of rotatable bonds is 4. The molecule has 1 amide bonds. The van der Waals surface area contributed by atoms with Crippen LogP contribution in [0.25, 0.3) is 16.7 Å². The van der Waals surface area contributed by atoms with E-state index in [0.29, 0.717) is 37.9 Å². The summed E-state index contributed by atoms with van der Waals surface area (Å²) in [6.07, 6.45) is 0. The van der Waals surface area contributed by atoms with E-state index >= 15 is 0 Å². The van der Waals surface area contributed by atoms with Gasteiger partial charge in [0.25, 0.3) is 5.56 Å². The zero-order valence-electron chi connectivity index (χ0n) is 19.3. The number of fused-ring (bicyclic) bond motifs is 3. The maximum Gasteiger partial charge on any atom is 0.349 e. The average molecular weight is 468 g/mol. The zero-order valence-corrected chi connectivity index (χ0v) is 20.2. The van der Waals surface area contributed by atoms with Crippen molar-refractivity contribution < 1.29 is 14.3 Å². The predicted molar refractivity (Wildman–Crippen MR) is 127 cm³/mol. The molecular formula is C23H25N5O4S. The van der Waals surface area contributed by atoms with E-state index in [9.17, 15) is 14.4 Å². The van der Waals surface area contributed by atoms with Gasteiger partial charge in [0.05, 0.1) is 15.9 Å². The molecule has 4 rings (SSSR count). The number of ether oxygens (including phenoxy) is 1. The van der Waals surface area contributed by atoms with E-state index in [1.807, 2.05) is 45.9 Å². The summed E-state index contributed by atoms with van der Waals surface area (Å²) in [4.78, 5) is 38.1. The summed E-state index contributed by atoms with van der Waals surface area (Å²) in [5.41, 5.74) is 1.60. The Morgan fingerprint density at radius 3 is 2.58 bits per heavy atom. The normalized spacial score (nSPS) is 11.8. The Balaban J connectivity index is 1.61. The Morgan fingerprint density at radius 2 is 1.88 bits per heavy atom. The smallest absolute Gasteiger partial charge is 0.349 e. The van der Waals surface area contributed by atoms with Crippen LogP contribution in [0, 0.1) is 19.3 Å². The second-order valence-corrected chi connectivity index (χ2v) is 10.1. The van der Waals surface area contributed by atoms with Crippen LogP contribution in [0.5, 0.6) is 0 Å². The maximum absolute atomic E-state index is 12.8. The van der Waals surface area contributed by atoms with Crippen LogP contribution < -0.4 is 10.9 Å². The van der Waals surface area contributed by atoms with Crippen molar-refractivity contribution in [2.45, 2.75) is 41.2 Å². The number of carbonyl (C=O) groups is 2. The van der Waals surface area contributed by atoms with Gasteiger partial charge in [-0.25, -0.2) is 4.79 Å². The van der Waals surface area contributed by atoms with Gasteiger partial charge in [-0.15, -0.1) is 21.5 Å². The molecule has 0 saturated heterocycles. The van der Waals surface area contributed by atoms with Crippen molar-refractivity contribution in [1.29, 1.82) is 0 Å². The van der Waals surface area contributed by atoms with Gasteiger partial charge >= 0.3 is 5.97 Å². The number of aromatic nitrogens is 4. The highest BCUT2D eigenvalue weighted by molar-refractivity contribution is 7.18. The van der Waals surface area contributed by atoms with Gasteiger partial charge in [0.2, 0.25) is 11.7 Å². The molecule has 0 fully saturated rings. The van der Waals surface area contributed by atoms with Gasteiger partial charge in [-0.05, 0) is 37.6 Å². The molecule has 9 nitrogen and oxygen atoms in total. The molecule has 3 heterocycles. The molecule has 0 atom stereocenters. The first-order chi connectivity index (χ1) is 15.5. The van der Waals surface area contributed by atoms with Gasteiger partial charge < -0.3 is 10.1 Å². The lowest BCUT2D eigenvalue weighted by molar-refractivity contribution is -0.123. The number of carbonyl (C=O) groups excluding carboxylic acids is 2. The number of anilines is 1. The Labute approximate surface area is 194 Å². The number of esters is 1. The molecule has 0 aliphatic carbocycles. The number of hydrogen-bond acceptors (Lipinski definition) is 7. The first-order valence-corrected chi connectivity index (χ1v) is 11.2. The molecule has 0 aliphatic rings. The third-order valence-electron chi connectivity index (χ3n) is 5.29. The Hall–Kier alpha value is -3.53. The van der Waals surface area contributed by atoms with Gasteiger partial charge in [-0.3, -0.25) is 18.6 Å². The van der Waals surface area contributed by atoms with Crippen molar-refractivity contribution in [2.24, 2.45) is 12.5 Å². The van der Waals surface area contributed by atoms with Gasteiger partial charge in [0.1, 0.15) is 4.88 Å². The van der Waals surface area contributed by atoms with Crippen LogP contribution in [0.1, 0.15) is 47.4 Å². The van der Waals surface area contributed by atoms with Gasteiger partial charge in [-0.2, -0.15) is 0 Å². The third-order valence-corrected chi connectivity index (χ3v) is 6.43. The van der Waals surface area contributed by atoms with E-state index in [1.165, 1.54) is 15.9 Å². The van der Waals surface area contributed by atoms with E-state index in [0.717, 1.165) is 5.56 Å². The molecule has 1 aromatic carbocycles. The molecule has 0 bridgehead atoms. The Morgan fingerprint density at radius 1 is 1.15 bits per heavy atom. The number of benzene rings is 1. The quantitative estimate of drug-likeness (QED) is 0.460. The van der Waals surface area contributed by atoms with E-state index in [4.69, 9.17) is 4.74 Å². The topological polar surface area (TPSA) is 108 Å². The summed E-state index contributed by atoms with van der Waals surface area (Å²) in [6.45, 7) is 9.05. The van der Waals surface area contributed by atoms with Crippen molar-refractivity contribution in [1.82, 2.24) is 19.2 Å². The van der Waals surface area contributed by atoms with Gasteiger partial charge in [0, 0.05) is 12.5 Å². The molecule has 0 radical (unpaired) electrons. The minimum atomic E-state index is -0.547. The SMILES string of the molecule is Cc1ccc2c(c1)c(=O)n(C)c1nnc(COC(=O)c3sc(NC(=O)C(C)(C)C)cc3C)n21. The van der Waals surface area contributed by atoms with Crippen LogP contribution in [0.4, 0.5) is 5.00 Å². The minimum absolute atomic E-state index is 0.123. The van der Waals surface area contributed by atoms with Crippen molar-refractivity contribution in [2.75, 3.05) is 5.32 Å². The predicted octanol–water partition coefficient (Wildman–Crippen LogP) is 3.60. The fourth-order valence-electron chi connectivity index (χ4n) is 3.39. The number of amides is 1. The van der Waals surface area contributed by atoms with Crippen LogP contribution in [0.3, 0.4) is 0 Å². The summed E-state index contributed by atoms with van der Waals surface area (Å²) < 4.78 is 8.68. The molecule has 33 heavy (non-hydrogen) atoms. The van der Waals surface area contributed by atoms with E-state index in [1.54, 1.807) is 24.4 Å². The maximum atomic E-state index is 12.8. The summed E-state index contributed by atoms with van der Waals surface area (Å²) in [7, 11) is 1.63. The van der Waals surface area contributed by atoms with Crippen LogP contribution in [-0.2, 0) is 23.2 Å². The molecule has 1 N–H and O–H groups in total. The summed E-state index contributed by atoms with van der Waals surface area (Å²) in [5.74, 6) is 0.113. The summed E-state index contributed by atoms with van der Waals surface area (Å²) >= 11 is 1.17. The second-order valence-electron chi connectivity index (χ2n) is 9.04. The fourth-order valence-corrected chi connectivity index (χ4v) is 4.36. The molecule has 0 saturated carbocycles. The molecule has 3 aromatic heterocycles.